The van der Waals surface area contributed by atoms with E-state index in [9.17, 15) is 0 Å². The number of rotatable bonds is 8. The molecule has 0 radical (unpaired) electrons. The average Bonchev–Trinajstić information content (AvgIpc) is 3.23. The summed E-state index contributed by atoms with van der Waals surface area (Å²) in [4.78, 5) is 12.1. The minimum atomic E-state index is 0. The Balaban J connectivity index is 0.00000256. The number of aromatic nitrogens is 2. The quantitative estimate of drug-likeness (QED) is 0.325. The van der Waals surface area contributed by atoms with Crippen LogP contribution in [0.4, 0.5) is 10.8 Å². The molecule has 0 saturated heterocycles. The van der Waals surface area contributed by atoms with Crippen LogP contribution in [-0.4, -0.2) is 28.5 Å². The van der Waals surface area contributed by atoms with Crippen LogP contribution in [0.25, 0.3) is 10.4 Å². The zero-order chi connectivity index (χ0) is 19.9. The van der Waals surface area contributed by atoms with Crippen molar-refractivity contribution in [2.45, 2.75) is 13.0 Å². The lowest BCUT2D eigenvalue weighted by atomic mass is 10.1. The van der Waals surface area contributed by atoms with Gasteiger partial charge in [0, 0.05) is 42.9 Å². The summed E-state index contributed by atoms with van der Waals surface area (Å²) in [6.07, 6.45) is 6.57. The van der Waals surface area contributed by atoms with E-state index in [4.69, 9.17) is 0 Å². The van der Waals surface area contributed by atoms with Crippen molar-refractivity contribution in [2.75, 3.05) is 18.9 Å². The molecular formula is C24H25BrN4S. The molecule has 2 heterocycles. The van der Waals surface area contributed by atoms with Gasteiger partial charge in [-0.3, -0.25) is 4.98 Å². The minimum absolute atomic E-state index is 0. The molecule has 2 aromatic heterocycles. The maximum atomic E-state index is 4.48. The van der Waals surface area contributed by atoms with Gasteiger partial charge in [0.2, 0.25) is 0 Å². The Morgan fingerprint density at radius 1 is 0.900 bits per heavy atom. The minimum Gasteiger partial charge on any atom is -0.332 e. The first-order valence-electron chi connectivity index (χ1n) is 9.71. The molecule has 0 atom stereocenters. The number of pyridine rings is 1. The monoisotopic (exact) mass is 480 g/mol. The maximum Gasteiger partial charge on any atom is 0.187 e. The Kier molecular flexibility index (Phi) is 8.13. The molecule has 0 saturated carbocycles. The van der Waals surface area contributed by atoms with Crippen LogP contribution in [0.15, 0.2) is 85.3 Å². The number of likely N-dealkylation sites (N-methyl/N-ethyl adjacent to an activating group) is 1. The second-order valence-electron chi connectivity index (χ2n) is 7.07. The SMILES string of the molecule is Br.CN(CCc1ccc(Nc2ncc(-c3cccnc3)s2)cc1)Cc1ccccc1. The molecule has 0 aliphatic rings. The third-order valence-corrected chi connectivity index (χ3v) is 5.70. The number of thiazole rings is 1. The zero-order valence-electron chi connectivity index (χ0n) is 16.9. The third-order valence-electron chi connectivity index (χ3n) is 4.73. The van der Waals surface area contributed by atoms with Gasteiger partial charge in [0.15, 0.2) is 5.13 Å². The Hall–Kier alpha value is -2.54. The van der Waals surface area contributed by atoms with Crippen molar-refractivity contribution < 1.29 is 0 Å². The highest BCUT2D eigenvalue weighted by molar-refractivity contribution is 8.93. The molecular weight excluding hydrogens is 456 g/mol. The van der Waals surface area contributed by atoms with Crippen molar-refractivity contribution in [3.05, 3.63) is 96.4 Å². The Labute approximate surface area is 192 Å². The molecule has 4 nitrogen and oxygen atoms in total. The summed E-state index contributed by atoms with van der Waals surface area (Å²) in [6.45, 7) is 2.01. The molecule has 2 aromatic carbocycles. The van der Waals surface area contributed by atoms with Crippen LogP contribution in [0.5, 0.6) is 0 Å². The van der Waals surface area contributed by atoms with Gasteiger partial charge in [0.05, 0.1) is 4.88 Å². The van der Waals surface area contributed by atoms with Crippen LogP contribution in [0.3, 0.4) is 0 Å². The molecule has 0 spiro atoms. The lowest BCUT2D eigenvalue weighted by molar-refractivity contribution is 0.331. The molecule has 0 aliphatic carbocycles. The first kappa shape index (κ1) is 22.2. The van der Waals surface area contributed by atoms with E-state index < -0.39 is 0 Å². The summed E-state index contributed by atoms with van der Waals surface area (Å²) in [7, 11) is 2.17. The van der Waals surface area contributed by atoms with Gasteiger partial charge < -0.3 is 10.2 Å². The summed E-state index contributed by atoms with van der Waals surface area (Å²) in [5.41, 5.74) is 4.83. The molecule has 4 aromatic rings. The van der Waals surface area contributed by atoms with Crippen molar-refractivity contribution >= 4 is 39.1 Å². The van der Waals surface area contributed by atoms with Gasteiger partial charge in [-0.25, -0.2) is 4.98 Å². The normalized spacial score (nSPS) is 10.6. The smallest absolute Gasteiger partial charge is 0.187 e. The molecule has 6 heteroatoms. The van der Waals surface area contributed by atoms with Crippen molar-refractivity contribution in [1.29, 1.82) is 0 Å². The van der Waals surface area contributed by atoms with Crippen molar-refractivity contribution in [3.8, 4) is 10.4 Å². The molecule has 0 aliphatic heterocycles. The number of hydrogen-bond acceptors (Lipinski definition) is 5. The number of hydrogen-bond donors (Lipinski definition) is 1. The molecule has 0 amide bonds. The fourth-order valence-electron chi connectivity index (χ4n) is 3.15. The van der Waals surface area contributed by atoms with Gasteiger partial charge in [0.25, 0.3) is 0 Å². The lowest BCUT2D eigenvalue weighted by Gasteiger charge is -2.16. The molecule has 30 heavy (non-hydrogen) atoms. The summed E-state index contributed by atoms with van der Waals surface area (Å²) in [6, 6.07) is 23.2. The summed E-state index contributed by atoms with van der Waals surface area (Å²) >= 11 is 1.63. The number of nitrogens with zero attached hydrogens (tertiary/aromatic N) is 3. The predicted octanol–water partition coefficient (Wildman–Crippen LogP) is 6.20. The number of anilines is 2. The van der Waals surface area contributed by atoms with Crippen molar-refractivity contribution in [3.63, 3.8) is 0 Å². The first-order valence-corrected chi connectivity index (χ1v) is 10.5. The summed E-state index contributed by atoms with van der Waals surface area (Å²) in [5, 5.41) is 4.28. The highest BCUT2D eigenvalue weighted by Gasteiger charge is 2.05. The fraction of sp³-hybridized carbons (Fsp3) is 0.167. The molecule has 0 unspecified atom stereocenters. The number of halogens is 1. The highest BCUT2D eigenvalue weighted by atomic mass is 79.9. The van der Waals surface area contributed by atoms with E-state index in [1.165, 1.54) is 11.1 Å². The van der Waals surface area contributed by atoms with Gasteiger partial charge >= 0.3 is 0 Å². The highest BCUT2D eigenvalue weighted by Crippen LogP contribution is 2.30. The van der Waals surface area contributed by atoms with Gasteiger partial charge in [-0.1, -0.05) is 59.9 Å². The van der Waals surface area contributed by atoms with E-state index in [2.05, 4.69) is 81.8 Å². The van der Waals surface area contributed by atoms with E-state index in [0.717, 1.165) is 40.8 Å². The van der Waals surface area contributed by atoms with Gasteiger partial charge in [-0.05, 0) is 42.8 Å². The van der Waals surface area contributed by atoms with Crippen LogP contribution >= 0.6 is 28.3 Å². The second kappa shape index (κ2) is 11.0. The Morgan fingerprint density at radius 2 is 1.70 bits per heavy atom. The van der Waals surface area contributed by atoms with E-state index >= 15 is 0 Å². The zero-order valence-corrected chi connectivity index (χ0v) is 19.4. The average molecular weight is 481 g/mol. The molecule has 4 rings (SSSR count). The van der Waals surface area contributed by atoms with E-state index in [0.29, 0.717) is 0 Å². The van der Waals surface area contributed by atoms with Gasteiger partial charge in [0.1, 0.15) is 0 Å². The summed E-state index contributed by atoms with van der Waals surface area (Å²) in [5.74, 6) is 0. The lowest BCUT2D eigenvalue weighted by Crippen LogP contribution is -2.20. The number of benzene rings is 2. The topological polar surface area (TPSA) is 41.0 Å². The van der Waals surface area contributed by atoms with Crippen LogP contribution in [0.1, 0.15) is 11.1 Å². The molecule has 0 fully saturated rings. The van der Waals surface area contributed by atoms with Gasteiger partial charge in [-0.15, -0.1) is 17.0 Å². The molecule has 0 bridgehead atoms. The van der Waals surface area contributed by atoms with E-state index in [1.807, 2.05) is 24.5 Å². The largest absolute Gasteiger partial charge is 0.332 e. The Bertz CT molecular complexity index is 1020. The summed E-state index contributed by atoms with van der Waals surface area (Å²) < 4.78 is 0. The van der Waals surface area contributed by atoms with Gasteiger partial charge in [-0.2, -0.15) is 0 Å². The fourth-order valence-corrected chi connectivity index (χ4v) is 3.97. The van der Waals surface area contributed by atoms with Crippen LogP contribution < -0.4 is 5.32 Å². The maximum absolute atomic E-state index is 4.48. The standard InChI is InChI=1S/C24H24N4S.BrH/c1-28(18-20-6-3-2-4-7-20)15-13-19-9-11-22(12-10-19)27-24-26-17-23(29-24)21-8-5-14-25-16-21;/h2-12,14,16-17H,13,15,18H2,1H3,(H,26,27);1H. The first-order chi connectivity index (χ1) is 14.3. The Morgan fingerprint density at radius 3 is 2.43 bits per heavy atom. The van der Waals surface area contributed by atoms with E-state index in [-0.39, 0.29) is 17.0 Å². The second-order valence-corrected chi connectivity index (χ2v) is 8.10. The predicted molar refractivity (Wildman–Crippen MR) is 132 cm³/mol. The van der Waals surface area contributed by atoms with Crippen molar-refractivity contribution in [1.82, 2.24) is 14.9 Å². The van der Waals surface area contributed by atoms with Crippen LogP contribution in [0.2, 0.25) is 0 Å². The van der Waals surface area contributed by atoms with Crippen LogP contribution in [-0.2, 0) is 13.0 Å². The van der Waals surface area contributed by atoms with Crippen LogP contribution in [0, 0.1) is 0 Å². The molecule has 154 valence electrons. The third kappa shape index (κ3) is 6.23. The van der Waals surface area contributed by atoms with E-state index in [1.54, 1.807) is 17.5 Å². The number of nitrogens with one attached hydrogen (secondary N) is 1. The molecule has 1 N–H and O–H groups in total. The van der Waals surface area contributed by atoms with Crippen molar-refractivity contribution in [2.24, 2.45) is 0 Å².